The van der Waals surface area contributed by atoms with Crippen LogP contribution in [0.4, 0.5) is 0 Å². The molecule has 1 aliphatic rings. The molecule has 1 saturated heterocycles. The summed E-state index contributed by atoms with van der Waals surface area (Å²) in [5, 5.41) is 2.90. The van der Waals surface area contributed by atoms with Gasteiger partial charge in [-0.15, -0.1) is 0 Å². The molecule has 1 fully saturated rings. The molecule has 1 aliphatic heterocycles. The highest BCUT2D eigenvalue weighted by Gasteiger charge is 2.16. The monoisotopic (exact) mass is 320 g/mol. The van der Waals surface area contributed by atoms with E-state index in [1.54, 1.807) is 12.5 Å². The summed E-state index contributed by atoms with van der Waals surface area (Å²) in [5.74, 6) is 0.0832. The SMILES string of the molecule is C[C@@H](CCNC(=O)CCC(=O)N1CCCCCC1)n1ccnc1. The lowest BCUT2D eigenvalue weighted by atomic mass is 10.2. The van der Waals surface area contributed by atoms with Crippen molar-refractivity contribution in [1.82, 2.24) is 19.8 Å². The van der Waals surface area contributed by atoms with Crippen molar-refractivity contribution in [3.63, 3.8) is 0 Å². The van der Waals surface area contributed by atoms with Gasteiger partial charge in [-0.05, 0) is 26.2 Å². The molecular weight excluding hydrogens is 292 g/mol. The third kappa shape index (κ3) is 6.04. The van der Waals surface area contributed by atoms with Crippen molar-refractivity contribution in [2.45, 2.75) is 57.9 Å². The number of imidazole rings is 1. The van der Waals surface area contributed by atoms with E-state index < -0.39 is 0 Å². The van der Waals surface area contributed by atoms with Crippen molar-refractivity contribution in [1.29, 1.82) is 0 Å². The lowest BCUT2D eigenvalue weighted by molar-refractivity contribution is -0.133. The van der Waals surface area contributed by atoms with Crippen molar-refractivity contribution in [3.05, 3.63) is 18.7 Å². The maximum Gasteiger partial charge on any atom is 0.223 e. The Labute approximate surface area is 138 Å². The average molecular weight is 320 g/mol. The minimum Gasteiger partial charge on any atom is -0.356 e. The summed E-state index contributed by atoms with van der Waals surface area (Å²) in [4.78, 5) is 29.9. The fourth-order valence-electron chi connectivity index (χ4n) is 2.89. The Morgan fingerprint density at radius 2 is 1.91 bits per heavy atom. The molecule has 0 radical (unpaired) electrons. The highest BCUT2D eigenvalue weighted by atomic mass is 16.2. The molecule has 2 amide bonds. The first-order valence-corrected chi connectivity index (χ1v) is 8.68. The van der Waals surface area contributed by atoms with E-state index in [1.165, 1.54) is 12.8 Å². The van der Waals surface area contributed by atoms with E-state index in [2.05, 4.69) is 17.2 Å². The summed E-state index contributed by atoms with van der Waals surface area (Å²) in [6.45, 7) is 4.42. The summed E-state index contributed by atoms with van der Waals surface area (Å²) in [5.41, 5.74) is 0. The first-order valence-electron chi connectivity index (χ1n) is 8.68. The Bertz CT molecular complexity index is 479. The zero-order valence-corrected chi connectivity index (χ0v) is 14.0. The number of carbonyl (C=O) groups excluding carboxylic acids is 2. The number of likely N-dealkylation sites (tertiary alicyclic amines) is 1. The van der Waals surface area contributed by atoms with Gasteiger partial charge in [0.2, 0.25) is 11.8 Å². The first kappa shape index (κ1) is 17.5. The van der Waals surface area contributed by atoms with E-state index in [9.17, 15) is 9.59 Å². The second kappa shape index (κ2) is 9.33. The van der Waals surface area contributed by atoms with Gasteiger partial charge in [0.25, 0.3) is 0 Å². The van der Waals surface area contributed by atoms with Crippen LogP contribution < -0.4 is 5.32 Å². The van der Waals surface area contributed by atoms with Crippen LogP contribution in [0.5, 0.6) is 0 Å². The fourth-order valence-corrected chi connectivity index (χ4v) is 2.89. The number of hydrogen-bond donors (Lipinski definition) is 1. The number of hydrogen-bond acceptors (Lipinski definition) is 3. The Hall–Kier alpha value is -1.85. The molecule has 0 aromatic carbocycles. The van der Waals surface area contributed by atoms with Gasteiger partial charge in [-0.3, -0.25) is 9.59 Å². The minimum atomic E-state index is -0.0361. The van der Waals surface area contributed by atoms with Crippen LogP contribution in [-0.4, -0.2) is 45.9 Å². The van der Waals surface area contributed by atoms with Crippen LogP contribution >= 0.6 is 0 Å². The van der Waals surface area contributed by atoms with Crippen molar-refractivity contribution in [2.75, 3.05) is 19.6 Å². The lowest BCUT2D eigenvalue weighted by Crippen LogP contribution is -2.33. The highest BCUT2D eigenvalue weighted by Crippen LogP contribution is 2.11. The van der Waals surface area contributed by atoms with Crippen LogP contribution in [0.1, 0.15) is 57.9 Å². The van der Waals surface area contributed by atoms with Crippen LogP contribution in [0, 0.1) is 0 Å². The van der Waals surface area contributed by atoms with E-state index in [0.717, 1.165) is 32.4 Å². The van der Waals surface area contributed by atoms with E-state index in [1.807, 2.05) is 15.7 Å². The maximum absolute atomic E-state index is 12.1. The molecule has 0 spiro atoms. The van der Waals surface area contributed by atoms with E-state index in [0.29, 0.717) is 19.0 Å². The number of aromatic nitrogens is 2. The second-order valence-corrected chi connectivity index (χ2v) is 6.29. The van der Waals surface area contributed by atoms with Crippen molar-refractivity contribution >= 4 is 11.8 Å². The minimum absolute atomic E-state index is 0.0361. The van der Waals surface area contributed by atoms with Gasteiger partial charge < -0.3 is 14.8 Å². The predicted octanol–water partition coefficient (Wildman–Crippen LogP) is 2.13. The van der Waals surface area contributed by atoms with Crippen LogP contribution in [0.15, 0.2) is 18.7 Å². The van der Waals surface area contributed by atoms with Crippen LogP contribution in [0.25, 0.3) is 0 Å². The molecule has 0 bridgehead atoms. The van der Waals surface area contributed by atoms with E-state index >= 15 is 0 Å². The molecule has 0 saturated carbocycles. The summed E-state index contributed by atoms with van der Waals surface area (Å²) < 4.78 is 2.02. The van der Waals surface area contributed by atoms with Crippen LogP contribution in [0.2, 0.25) is 0 Å². The number of amides is 2. The third-order valence-corrected chi connectivity index (χ3v) is 4.44. The molecule has 128 valence electrons. The standard InChI is InChI=1S/C17H28N4O2/c1-15(21-13-10-18-14-21)8-9-19-16(22)6-7-17(23)20-11-4-2-3-5-12-20/h10,13-15H,2-9,11-12H2,1H3,(H,19,22)/t15-/m0/s1. The number of carbonyl (C=O) groups is 2. The Morgan fingerprint density at radius 3 is 2.57 bits per heavy atom. The zero-order chi connectivity index (χ0) is 16.5. The van der Waals surface area contributed by atoms with Gasteiger partial charge >= 0.3 is 0 Å². The third-order valence-electron chi connectivity index (χ3n) is 4.44. The number of nitrogens with zero attached hydrogens (tertiary/aromatic N) is 3. The maximum atomic E-state index is 12.1. The number of nitrogens with one attached hydrogen (secondary N) is 1. The Kier molecular flexibility index (Phi) is 7.10. The molecule has 2 rings (SSSR count). The quantitative estimate of drug-likeness (QED) is 0.837. The van der Waals surface area contributed by atoms with Gasteiger partial charge in [-0.2, -0.15) is 0 Å². The molecule has 1 aromatic heterocycles. The van der Waals surface area contributed by atoms with Crippen molar-refractivity contribution < 1.29 is 9.59 Å². The van der Waals surface area contributed by atoms with Crippen molar-refractivity contribution in [3.8, 4) is 0 Å². The molecule has 23 heavy (non-hydrogen) atoms. The van der Waals surface area contributed by atoms with Gasteiger partial charge in [0, 0.05) is 50.9 Å². The van der Waals surface area contributed by atoms with Crippen LogP contribution in [-0.2, 0) is 9.59 Å². The average Bonchev–Trinajstić information content (AvgIpc) is 2.95. The Morgan fingerprint density at radius 1 is 1.17 bits per heavy atom. The largest absolute Gasteiger partial charge is 0.356 e. The topological polar surface area (TPSA) is 67.2 Å². The molecular formula is C17H28N4O2. The van der Waals surface area contributed by atoms with E-state index in [-0.39, 0.29) is 18.2 Å². The first-order chi connectivity index (χ1) is 11.2. The predicted molar refractivity (Wildman–Crippen MR) is 88.8 cm³/mol. The highest BCUT2D eigenvalue weighted by molar-refractivity contribution is 5.83. The summed E-state index contributed by atoms with van der Waals surface area (Å²) in [7, 11) is 0. The number of rotatable bonds is 7. The fraction of sp³-hybridized carbons (Fsp3) is 0.706. The molecule has 6 heteroatoms. The summed E-state index contributed by atoms with van der Waals surface area (Å²) >= 11 is 0. The summed E-state index contributed by atoms with van der Waals surface area (Å²) in [6, 6.07) is 0.302. The Balaban J connectivity index is 1.60. The van der Waals surface area contributed by atoms with Gasteiger partial charge in [0.15, 0.2) is 0 Å². The second-order valence-electron chi connectivity index (χ2n) is 6.29. The molecule has 1 N–H and O–H groups in total. The van der Waals surface area contributed by atoms with E-state index in [4.69, 9.17) is 0 Å². The molecule has 6 nitrogen and oxygen atoms in total. The van der Waals surface area contributed by atoms with Crippen molar-refractivity contribution in [2.24, 2.45) is 0 Å². The molecule has 1 atom stereocenters. The van der Waals surface area contributed by atoms with Gasteiger partial charge in [0.1, 0.15) is 0 Å². The lowest BCUT2D eigenvalue weighted by Gasteiger charge is -2.20. The molecule has 1 aromatic rings. The van der Waals surface area contributed by atoms with Gasteiger partial charge in [0.05, 0.1) is 6.33 Å². The zero-order valence-electron chi connectivity index (χ0n) is 14.0. The molecule has 2 heterocycles. The summed E-state index contributed by atoms with van der Waals surface area (Å²) in [6.07, 6.45) is 11.5. The van der Waals surface area contributed by atoms with Crippen LogP contribution in [0.3, 0.4) is 0 Å². The molecule has 0 unspecified atom stereocenters. The normalized spacial score (nSPS) is 16.7. The van der Waals surface area contributed by atoms with Gasteiger partial charge in [-0.25, -0.2) is 4.98 Å². The molecule has 0 aliphatic carbocycles. The van der Waals surface area contributed by atoms with Gasteiger partial charge in [-0.1, -0.05) is 12.8 Å². The smallest absolute Gasteiger partial charge is 0.223 e.